The number of carbonyl (C=O) groups is 1. The van der Waals surface area contributed by atoms with Gasteiger partial charge in [-0.05, 0) is 49.5 Å². The lowest BCUT2D eigenvalue weighted by Crippen LogP contribution is -2.31. The second-order valence-corrected chi connectivity index (χ2v) is 7.28. The van der Waals surface area contributed by atoms with Crippen molar-refractivity contribution in [3.63, 3.8) is 0 Å². The summed E-state index contributed by atoms with van der Waals surface area (Å²) in [6, 6.07) is 8.16. The van der Waals surface area contributed by atoms with E-state index in [0.717, 1.165) is 31.0 Å². The van der Waals surface area contributed by atoms with Crippen molar-refractivity contribution >= 4 is 17.5 Å². The second-order valence-electron chi connectivity index (χ2n) is 5.68. The molecule has 2 unspecified atom stereocenters. The molecule has 2 aliphatic heterocycles. The molecule has 19 heavy (non-hydrogen) atoms. The zero-order valence-corrected chi connectivity index (χ0v) is 12.2. The van der Waals surface area contributed by atoms with Gasteiger partial charge in [-0.25, -0.2) is 0 Å². The predicted molar refractivity (Wildman–Crippen MR) is 79.0 cm³/mol. The topological polar surface area (TPSA) is 26.3 Å². The number of ketones is 1. The highest BCUT2D eigenvalue weighted by atomic mass is 32.2. The molecule has 1 saturated heterocycles. The van der Waals surface area contributed by atoms with Crippen molar-refractivity contribution in [3.05, 3.63) is 29.8 Å². The summed E-state index contributed by atoms with van der Waals surface area (Å²) < 4.78 is 5.54. The van der Waals surface area contributed by atoms with Crippen molar-refractivity contribution < 1.29 is 9.53 Å². The summed E-state index contributed by atoms with van der Waals surface area (Å²) in [6.07, 6.45) is 3.85. The molecule has 3 heteroatoms. The molecule has 0 spiro atoms. The zero-order valence-electron chi connectivity index (χ0n) is 11.4. The van der Waals surface area contributed by atoms with Gasteiger partial charge in [0.1, 0.15) is 11.5 Å². The minimum absolute atomic E-state index is 0.132. The first kappa shape index (κ1) is 13.0. The normalized spacial score (nSPS) is 29.6. The summed E-state index contributed by atoms with van der Waals surface area (Å²) in [6.45, 7) is 2.86. The molecular formula is C16H20O2S. The predicted octanol–water partition coefficient (Wildman–Crippen LogP) is 3.80. The maximum Gasteiger partial charge on any atom is 0.149 e. The fraction of sp³-hybridized carbons (Fsp3) is 0.562. The first-order chi connectivity index (χ1) is 9.19. The Morgan fingerprint density at radius 2 is 2.32 bits per heavy atom. The van der Waals surface area contributed by atoms with Gasteiger partial charge in [-0.2, -0.15) is 0 Å². The molecule has 0 amide bonds. The molecule has 0 bridgehead atoms. The molecule has 1 aromatic carbocycles. The standard InChI is InChI=1S/C16H20O2S/c1-16(8-4-10-19-16)15(17)11-12-7-9-18-14-6-3-2-5-13(12)14/h2-3,5-6,12H,4,7-11H2,1H3. The Hall–Kier alpha value is -0.960. The van der Waals surface area contributed by atoms with Crippen LogP contribution >= 0.6 is 11.8 Å². The van der Waals surface area contributed by atoms with E-state index in [4.69, 9.17) is 4.74 Å². The molecule has 2 aliphatic rings. The number of benzene rings is 1. The Morgan fingerprint density at radius 1 is 1.47 bits per heavy atom. The molecule has 0 saturated carbocycles. The van der Waals surface area contributed by atoms with Crippen molar-refractivity contribution in [1.29, 1.82) is 0 Å². The largest absolute Gasteiger partial charge is 0.493 e. The molecule has 2 atom stereocenters. The van der Waals surface area contributed by atoms with Crippen LogP contribution in [0.2, 0.25) is 0 Å². The minimum Gasteiger partial charge on any atom is -0.493 e. The van der Waals surface area contributed by atoms with Gasteiger partial charge < -0.3 is 4.74 Å². The SMILES string of the molecule is CC1(C(=O)CC2CCOc3ccccc32)CCCS1. The van der Waals surface area contributed by atoms with Crippen LogP contribution in [0.4, 0.5) is 0 Å². The van der Waals surface area contributed by atoms with Gasteiger partial charge in [0.15, 0.2) is 0 Å². The lowest BCUT2D eigenvalue weighted by atomic mass is 9.85. The van der Waals surface area contributed by atoms with Crippen molar-refractivity contribution in [2.24, 2.45) is 0 Å². The maximum atomic E-state index is 12.6. The lowest BCUT2D eigenvalue weighted by molar-refractivity contribution is -0.121. The number of fused-ring (bicyclic) bond motifs is 1. The van der Waals surface area contributed by atoms with Gasteiger partial charge in [-0.15, -0.1) is 11.8 Å². The molecule has 2 heterocycles. The van der Waals surface area contributed by atoms with Gasteiger partial charge in [0, 0.05) is 6.42 Å². The Morgan fingerprint density at radius 3 is 3.11 bits per heavy atom. The molecule has 0 N–H and O–H groups in total. The molecule has 2 nitrogen and oxygen atoms in total. The van der Waals surface area contributed by atoms with E-state index in [1.807, 2.05) is 30.0 Å². The molecule has 1 aromatic rings. The number of Topliss-reactive ketones (excluding diaryl/α,β-unsaturated/α-hetero) is 1. The summed E-state index contributed by atoms with van der Waals surface area (Å²) in [5.74, 6) is 2.87. The average Bonchev–Trinajstić information content (AvgIpc) is 2.87. The summed E-state index contributed by atoms with van der Waals surface area (Å²) in [7, 11) is 0. The number of ether oxygens (including phenoxy) is 1. The van der Waals surface area contributed by atoms with Gasteiger partial charge >= 0.3 is 0 Å². The monoisotopic (exact) mass is 276 g/mol. The van der Waals surface area contributed by atoms with Crippen LogP contribution in [-0.2, 0) is 4.79 Å². The van der Waals surface area contributed by atoms with Crippen molar-refractivity contribution in [2.45, 2.75) is 43.3 Å². The smallest absolute Gasteiger partial charge is 0.149 e. The van der Waals surface area contributed by atoms with Crippen LogP contribution in [0.25, 0.3) is 0 Å². The van der Waals surface area contributed by atoms with E-state index in [0.29, 0.717) is 18.1 Å². The number of para-hydroxylation sites is 1. The number of rotatable bonds is 3. The summed E-state index contributed by atoms with van der Waals surface area (Å²) in [5.41, 5.74) is 1.22. The second kappa shape index (κ2) is 5.20. The Bertz CT molecular complexity index is 477. The highest BCUT2D eigenvalue weighted by molar-refractivity contribution is 8.01. The van der Waals surface area contributed by atoms with E-state index in [1.54, 1.807) is 0 Å². The Labute approximate surface area is 118 Å². The molecule has 0 radical (unpaired) electrons. The fourth-order valence-electron chi connectivity index (χ4n) is 3.07. The summed E-state index contributed by atoms with van der Waals surface area (Å²) in [5, 5.41) is 0. The third kappa shape index (κ3) is 2.53. The fourth-order valence-corrected chi connectivity index (χ4v) is 4.34. The van der Waals surface area contributed by atoms with E-state index in [-0.39, 0.29) is 4.75 Å². The highest BCUT2D eigenvalue weighted by Crippen LogP contribution is 2.42. The van der Waals surface area contributed by atoms with Gasteiger partial charge in [0.2, 0.25) is 0 Å². The van der Waals surface area contributed by atoms with Crippen molar-refractivity contribution in [3.8, 4) is 5.75 Å². The van der Waals surface area contributed by atoms with Crippen molar-refractivity contribution in [2.75, 3.05) is 12.4 Å². The summed E-state index contributed by atoms with van der Waals surface area (Å²) in [4.78, 5) is 12.6. The van der Waals surface area contributed by atoms with Gasteiger partial charge in [-0.1, -0.05) is 18.2 Å². The molecule has 1 fully saturated rings. The van der Waals surface area contributed by atoms with Gasteiger partial charge in [0.05, 0.1) is 11.4 Å². The van der Waals surface area contributed by atoms with Crippen LogP contribution in [0.1, 0.15) is 44.1 Å². The molecule has 3 rings (SSSR count). The zero-order chi connectivity index (χ0) is 13.3. The van der Waals surface area contributed by atoms with Crippen LogP contribution in [0.15, 0.2) is 24.3 Å². The van der Waals surface area contributed by atoms with E-state index in [1.165, 1.54) is 12.0 Å². The average molecular weight is 276 g/mol. The minimum atomic E-state index is -0.132. The van der Waals surface area contributed by atoms with E-state index >= 15 is 0 Å². The molecule has 0 aromatic heterocycles. The number of carbonyl (C=O) groups excluding carboxylic acids is 1. The van der Waals surface area contributed by atoms with E-state index in [9.17, 15) is 4.79 Å². The van der Waals surface area contributed by atoms with Crippen LogP contribution in [0.3, 0.4) is 0 Å². The van der Waals surface area contributed by atoms with Gasteiger partial charge in [0.25, 0.3) is 0 Å². The third-order valence-corrected chi connectivity index (χ3v) is 5.88. The van der Waals surface area contributed by atoms with Crippen molar-refractivity contribution in [1.82, 2.24) is 0 Å². The first-order valence-electron chi connectivity index (χ1n) is 7.08. The van der Waals surface area contributed by atoms with Crippen LogP contribution in [0.5, 0.6) is 5.75 Å². The van der Waals surface area contributed by atoms with Crippen LogP contribution in [-0.4, -0.2) is 22.9 Å². The maximum absolute atomic E-state index is 12.6. The highest BCUT2D eigenvalue weighted by Gasteiger charge is 2.38. The Balaban J connectivity index is 1.76. The van der Waals surface area contributed by atoms with Crippen LogP contribution in [0, 0.1) is 0 Å². The first-order valence-corrected chi connectivity index (χ1v) is 8.06. The lowest BCUT2D eigenvalue weighted by Gasteiger charge is -2.28. The molecule has 102 valence electrons. The van der Waals surface area contributed by atoms with E-state index in [2.05, 4.69) is 13.0 Å². The Kier molecular flexibility index (Phi) is 3.57. The number of thioether (sulfide) groups is 1. The number of hydrogen-bond donors (Lipinski definition) is 0. The van der Waals surface area contributed by atoms with Gasteiger partial charge in [-0.3, -0.25) is 4.79 Å². The molecular weight excluding hydrogens is 256 g/mol. The quantitative estimate of drug-likeness (QED) is 0.840. The summed E-state index contributed by atoms with van der Waals surface area (Å²) >= 11 is 1.84. The molecule has 0 aliphatic carbocycles. The van der Waals surface area contributed by atoms with E-state index < -0.39 is 0 Å². The van der Waals surface area contributed by atoms with Crippen LogP contribution < -0.4 is 4.74 Å². The third-order valence-electron chi connectivity index (χ3n) is 4.32. The number of hydrogen-bond acceptors (Lipinski definition) is 3.